The van der Waals surface area contributed by atoms with Crippen LogP contribution in [-0.4, -0.2) is 30.6 Å². The van der Waals surface area contributed by atoms with Crippen LogP contribution in [0.2, 0.25) is 0 Å². The summed E-state index contributed by atoms with van der Waals surface area (Å²) in [6.07, 6.45) is 6.27. The van der Waals surface area contributed by atoms with Crippen LogP contribution in [0.1, 0.15) is 24.7 Å². The normalized spacial score (nSPS) is 11.4. The minimum absolute atomic E-state index is 0. The number of hydrogen-bond acceptors (Lipinski definition) is 2. The smallest absolute Gasteiger partial charge is 0.191 e. The van der Waals surface area contributed by atoms with Crippen LogP contribution in [0.3, 0.4) is 0 Å². The number of fused-ring (bicyclic) bond motifs is 1. The number of H-pyrrole nitrogens is 1. The van der Waals surface area contributed by atoms with Crippen molar-refractivity contribution in [2.75, 3.05) is 19.6 Å². The van der Waals surface area contributed by atoms with Gasteiger partial charge in [-0.3, -0.25) is 4.99 Å². The Morgan fingerprint density at radius 3 is 2.74 bits per heavy atom. The SMILES string of the molecule is CCCN=C(NCCc1ccco1)NCCc1c[nH]c2cc(F)ccc12.I. The second-order valence-corrected chi connectivity index (χ2v) is 6.17. The minimum atomic E-state index is -0.223. The van der Waals surface area contributed by atoms with Crippen molar-refractivity contribution < 1.29 is 8.81 Å². The van der Waals surface area contributed by atoms with Crippen LogP contribution in [-0.2, 0) is 12.8 Å². The van der Waals surface area contributed by atoms with E-state index in [1.165, 1.54) is 12.1 Å². The molecule has 5 nitrogen and oxygen atoms in total. The third-order valence-electron chi connectivity index (χ3n) is 4.15. The summed E-state index contributed by atoms with van der Waals surface area (Å²) >= 11 is 0. The Morgan fingerprint density at radius 2 is 2.00 bits per heavy atom. The van der Waals surface area contributed by atoms with Crippen molar-refractivity contribution in [1.82, 2.24) is 15.6 Å². The van der Waals surface area contributed by atoms with Crippen molar-refractivity contribution in [3.8, 4) is 0 Å². The van der Waals surface area contributed by atoms with E-state index in [-0.39, 0.29) is 29.8 Å². The number of rotatable bonds is 8. The van der Waals surface area contributed by atoms with E-state index >= 15 is 0 Å². The number of aromatic nitrogens is 1. The number of benzene rings is 1. The number of furan rings is 1. The molecular weight excluding hydrogens is 458 g/mol. The van der Waals surface area contributed by atoms with Gasteiger partial charge in [-0.05, 0) is 48.7 Å². The Labute approximate surface area is 175 Å². The van der Waals surface area contributed by atoms with Gasteiger partial charge in [-0.25, -0.2) is 4.39 Å². The van der Waals surface area contributed by atoms with Crippen LogP contribution in [0.15, 0.2) is 52.2 Å². The van der Waals surface area contributed by atoms with E-state index in [0.717, 1.165) is 67.1 Å². The molecule has 1 aromatic carbocycles. The quantitative estimate of drug-likeness (QED) is 0.255. The number of nitrogens with zero attached hydrogens (tertiary/aromatic N) is 1. The van der Waals surface area contributed by atoms with Crippen LogP contribution < -0.4 is 10.6 Å². The van der Waals surface area contributed by atoms with Crippen LogP contribution in [0.25, 0.3) is 10.9 Å². The Balaban J connectivity index is 0.00000261. The largest absolute Gasteiger partial charge is 0.469 e. The lowest BCUT2D eigenvalue weighted by Gasteiger charge is -2.12. The van der Waals surface area contributed by atoms with E-state index in [9.17, 15) is 4.39 Å². The number of aliphatic imine (C=N–C) groups is 1. The lowest BCUT2D eigenvalue weighted by Crippen LogP contribution is -2.39. The maximum Gasteiger partial charge on any atom is 0.191 e. The summed E-state index contributed by atoms with van der Waals surface area (Å²) in [4.78, 5) is 7.69. The Hall–Kier alpha value is -2.03. The summed E-state index contributed by atoms with van der Waals surface area (Å²) in [6.45, 7) is 4.40. The molecule has 0 unspecified atom stereocenters. The van der Waals surface area contributed by atoms with Gasteiger partial charge in [0.25, 0.3) is 0 Å². The fraction of sp³-hybridized carbons (Fsp3) is 0.350. The molecule has 0 amide bonds. The van der Waals surface area contributed by atoms with Gasteiger partial charge in [0, 0.05) is 43.2 Å². The first-order valence-corrected chi connectivity index (χ1v) is 9.06. The molecule has 0 saturated heterocycles. The zero-order valence-electron chi connectivity index (χ0n) is 15.4. The highest BCUT2D eigenvalue weighted by atomic mass is 127. The summed E-state index contributed by atoms with van der Waals surface area (Å²) in [5.41, 5.74) is 1.99. The fourth-order valence-electron chi connectivity index (χ4n) is 2.84. The van der Waals surface area contributed by atoms with Gasteiger partial charge in [0.15, 0.2) is 5.96 Å². The molecule has 2 aromatic heterocycles. The molecule has 0 aliphatic carbocycles. The molecule has 7 heteroatoms. The third-order valence-corrected chi connectivity index (χ3v) is 4.15. The molecule has 27 heavy (non-hydrogen) atoms. The second kappa shape index (κ2) is 11.0. The van der Waals surface area contributed by atoms with Crippen LogP contribution in [0.4, 0.5) is 4.39 Å². The predicted molar refractivity (Wildman–Crippen MR) is 118 cm³/mol. The first kappa shape index (κ1) is 21.3. The monoisotopic (exact) mass is 484 g/mol. The molecule has 0 atom stereocenters. The summed E-state index contributed by atoms with van der Waals surface area (Å²) in [5.74, 6) is 1.54. The maximum absolute atomic E-state index is 13.3. The average molecular weight is 484 g/mol. The molecule has 0 fully saturated rings. The van der Waals surface area contributed by atoms with Crippen molar-refractivity contribution >= 4 is 40.8 Å². The molecule has 0 aliphatic rings. The number of guanidine groups is 1. The van der Waals surface area contributed by atoms with E-state index in [4.69, 9.17) is 4.42 Å². The molecule has 0 spiro atoms. The molecule has 0 saturated carbocycles. The van der Waals surface area contributed by atoms with Crippen LogP contribution >= 0.6 is 24.0 Å². The zero-order chi connectivity index (χ0) is 18.2. The zero-order valence-corrected chi connectivity index (χ0v) is 17.8. The van der Waals surface area contributed by atoms with Gasteiger partial charge >= 0.3 is 0 Å². The average Bonchev–Trinajstić information content (AvgIpc) is 3.29. The number of nitrogens with one attached hydrogen (secondary N) is 3. The predicted octanol–water partition coefficient (Wildman–Crippen LogP) is 4.25. The maximum atomic E-state index is 13.3. The summed E-state index contributed by atoms with van der Waals surface area (Å²) in [7, 11) is 0. The fourth-order valence-corrected chi connectivity index (χ4v) is 2.84. The summed E-state index contributed by atoms with van der Waals surface area (Å²) in [5, 5.41) is 7.77. The van der Waals surface area contributed by atoms with E-state index < -0.39 is 0 Å². The van der Waals surface area contributed by atoms with Gasteiger partial charge < -0.3 is 20.0 Å². The molecule has 0 radical (unpaired) electrons. The number of hydrogen-bond donors (Lipinski definition) is 3. The highest BCUT2D eigenvalue weighted by Crippen LogP contribution is 2.19. The van der Waals surface area contributed by atoms with Crippen molar-refractivity contribution in [3.63, 3.8) is 0 Å². The molecule has 3 N–H and O–H groups in total. The number of aromatic amines is 1. The van der Waals surface area contributed by atoms with Crippen molar-refractivity contribution in [2.24, 2.45) is 4.99 Å². The third kappa shape index (κ3) is 6.27. The van der Waals surface area contributed by atoms with Crippen molar-refractivity contribution in [3.05, 3.63) is 59.9 Å². The van der Waals surface area contributed by atoms with Crippen LogP contribution in [0, 0.1) is 5.82 Å². The van der Waals surface area contributed by atoms with Gasteiger partial charge in [0.2, 0.25) is 0 Å². The molecule has 3 rings (SSSR count). The van der Waals surface area contributed by atoms with Crippen molar-refractivity contribution in [2.45, 2.75) is 26.2 Å². The highest BCUT2D eigenvalue weighted by Gasteiger charge is 2.05. The van der Waals surface area contributed by atoms with Gasteiger partial charge in [0.1, 0.15) is 11.6 Å². The van der Waals surface area contributed by atoms with Gasteiger partial charge in [-0.1, -0.05) is 6.92 Å². The molecule has 0 bridgehead atoms. The van der Waals surface area contributed by atoms with E-state index in [1.54, 1.807) is 6.26 Å². The van der Waals surface area contributed by atoms with Crippen LogP contribution in [0.5, 0.6) is 0 Å². The van der Waals surface area contributed by atoms with Gasteiger partial charge in [0.05, 0.1) is 6.26 Å². The molecular formula is C20H26FIN4O. The Kier molecular flexibility index (Phi) is 8.63. The molecule has 146 valence electrons. The lowest BCUT2D eigenvalue weighted by molar-refractivity contribution is 0.506. The van der Waals surface area contributed by atoms with Crippen molar-refractivity contribution in [1.29, 1.82) is 0 Å². The summed E-state index contributed by atoms with van der Waals surface area (Å²) in [6, 6.07) is 8.71. The van der Waals surface area contributed by atoms with Gasteiger partial charge in [-0.15, -0.1) is 24.0 Å². The van der Waals surface area contributed by atoms with Gasteiger partial charge in [-0.2, -0.15) is 0 Å². The number of halogens is 2. The van der Waals surface area contributed by atoms with E-state index in [1.807, 2.05) is 24.4 Å². The highest BCUT2D eigenvalue weighted by molar-refractivity contribution is 14.0. The topological polar surface area (TPSA) is 65.3 Å². The summed E-state index contributed by atoms with van der Waals surface area (Å²) < 4.78 is 18.6. The molecule has 0 aliphatic heterocycles. The first-order chi connectivity index (χ1) is 12.8. The first-order valence-electron chi connectivity index (χ1n) is 9.06. The Morgan fingerprint density at radius 1 is 1.19 bits per heavy atom. The van der Waals surface area contributed by atoms with E-state index in [2.05, 4.69) is 27.5 Å². The lowest BCUT2D eigenvalue weighted by atomic mass is 10.1. The molecule has 3 aromatic rings. The minimum Gasteiger partial charge on any atom is -0.469 e. The Bertz CT molecular complexity index is 845. The standard InChI is InChI=1S/C20H25FN4O.HI/c1-2-9-22-20(24-11-8-17-4-3-12-26-17)23-10-7-15-14-25-19-13-16(21)5-6-18(15)19;/h3-6,12-14,25H,2,7-11H2,1H3,(H2,22,23,24);1H. The molecule has 2 heterocycles. The second-order valence-electron chi connectivity index (χ2n) is 6.17. The van der Waals surface area contributed by atoms with E-state index in [0.29, 0.717) is 0 Å².